The number of halogens is 3. The molecule has 1 aromatic heterocycles. The summed E-state index contributed by atoms with van der Waals surface area (Å²) in [5.41, 5.74) is -0.460. The number of benzene rings is 1. The number of aromatic nitrogens is 2. The summed E-state index contributed by atoms with van der Waals surface area (Å²) < 4.78 is 39.2. The Morgan fingerprint density at radius 2 is 1.96 bits per heavy atom. The normalized spacial score (nSPS) is 23.1. The number of hydrogen-bond acceptors (Lipinski definition) is 4. The maximum atomic E-state index is 13.1. The molecule has 2 atom stereocenters. The molecule has 1 heterocycles. The Hall–Kier alpha value is -1.96. The molecule has 0 bridgehead atoms. The molecule has 2 aliphatic rings. The molecule has 4 nitrogen and oxygen atoms in total. The Morgan fingerprint density at radius 3 is 2.67 bits per heavy atom. The third-order valence-electron chi connectivity index (χ3n) is 4.39. The van der Waals surface area contributed by atoms with Crippen LogP contribution in [0.2, 0.25) is 0 Å². The molecular formula is C16H14F3N3OS. The Balaban J connectivity index is 1.45. The van der Waals surface area contributed by atoms with Crippen LogP contribution < -0.4 is 5.32 Å². The molecule has 0 radical (unpaired) electrons. The highest BCUT2D eigenvalue weighted by atomic mass is 32.1. The van der Waals surface area contributed by atoms with Crippen molar-refractivity contribution in [1.82, 2.24) is 10.2 Å². The van der Waals surface area contributed by atoms with Crippen LogP contribution >= 0.6 is 11.3 Å². The monoisotopic (exact) mass is 353 g/mol. The molecule has 126 valence electrons. The molecule has 1 aromatic carbocycles. The van der Waals surface area contributed by atoms with Gasteiger partial charge in [-0.15, -0.1) is 10.2 Å². The molecule has 2 saturated carbocycles. The molecule has 4 rings (SSSR count). The standard InChI is InChI=1S/C16H14F3N3OS/c17-16(18,19)12-4-2-1-3-9(12)10-7-11(10)13(23)20-15-22-21-14(24-15)8-5-6-8/h1-4,8,10-11H,5-7H2,(H,20,22,23)/t10-,11-/m1/s1. The second-order valence-corrected chi connectivity index (χ2v) is 7.25. The van der Waals surface area contributed by atoms with Crippen LogP contribution in [0.15, 0.2) is 24.3 Å². The minimum Gasteiger partial charge on any atom is -0.300 e. The van der Waals surface area contributed by atoms with Gasteiger partial charge < -0.3 is 5.32 Å². The summed E-state index contributed by atoms with van der Waals surface area (Å²) >= 11 is 1.35. The summed E-state index contributed by atoms with van der Waals surface area (Å²) in [6, 6.07) is 5.46. The molecule has 0 aliphatic heterocycles. The van der Waals surface area contributed by atoms with Crippen molar-refractivity contribution >= 4 is 22.4 Å². The zero-order valence-corrected chi connectivity index (χ0v) is 13.3. The summed E-state index contributed by atoms with van der Waals surface area (Å²) in [4.78, 5) is 12.3. The highest BCUT2D eigenvalue weighted by molar-refractivity contribution is 7.15. The third kappa shape index (κ3) is 3.02. The second kappa shape index (κ2) is 5.54. The van der Waals surface area contributed by atoms with Crippen LogP contribution in [0.5, 0.6) is 0 Å². The average Bonchev–Trinajstić information content (AvgIpc) is 3.45. The van der Waals surface area contributed by atoms with E-state index in [9.17, 15) is 18.0 Å². The quantitative estimate of drug-likeness (QED) is 0.897. The van der Waals surface area contributed by atoms with Gasteiger partial charge in [-0.2, -0.15) is 13.2 Å². The van der Waals surface area contributed by atoms with Crippen LogP contribution in [-0.2, 0) is 11.0 Å². The second-order valence-electron chi connectivity index (χ2n) is 6.24. The first kappa shape index (κ1) is 15.6. The van der Waals surface area contributed by atoms with Gasteiger partial charge >= 0.3 is 6.18 Å². The van der Waals surface area contributed by atoms with Crippen molar-refractivity contribution in [3.63, 3.8) is 0 Å². The van der Waals surface area contributed by atoms with Gasteiger partial charge in [0.1, 0.15) is 5.01 Å². The number of anilines is 1. The van der Waals surface area contributed by atoms with E-state index in [1.165, 1.54) is 23.5 Å². The van der Waals surface area contributed by atoms with Crippen molar-refractivity contribution in [2.45, 2.75) is 37.3 Å². The van der Waals surface area contributed by atoms with Gasteiger partial charge in [0, 0.05) is 11.8 Å². The van der Waals surface area contributed by atoms with E-state index in [1.807, 2.05) is 0 Å². The lowest BCUT2D eigenvalue weighted by Gasteiger charge is -2.12. The maximum absolute atomic E-state index is 13.1. The number of nitrogens with zero attached hydrogens (tertiary/aromatic N) is 2. The van der Waals surface area contributed by atoms with Gasteiger partial charge in [0.25, 0.3) is 0 Å². The third-order valence-corrected chi connectivity index (χ3v) is 5.39. The van der Waals surface area contributed by atoms with Crippen LogP contribution in [0, 0.1) is 5.92 Å². The lowest BCUT2D eigenvalue weighted by atomic mass is 10.0. The van der Waals surface area contributed by atoms with Crippen LogP contribution in [0.1, 0.15) is 47.2 Å². The molecule has 0 spiro atoms. The van der Waals surface area contributed by atoms with Crippen molar-refractivity contribution in [2.75, 3.05) is 5.32 Å². The maximum Gasteiger partial charge on any atom is 0.416 e. The summed E-state index contributed by atoms with van der Waals surface area (Å²) in [6.45, 7) is 0. The lowest BCUT2D eigenvalue weighted by molar-refractivity contribution is -0.138. The molecule has 24 heavy (non-hydrogen) atoms. The van der Waals surface area contributed by atoms with E-state index in [0.717, 1.165) is 23.9 Å². The van der Waals surface area contributed by atoms with Crippen molar-refractivity contribution in [3.8, 4) is 0 Å². The molecule has 8 heteroatoms. The fraction of sp³-hybridized carbons (Fsp3) is 0.438. The van der Waals surface area contributed by atoms with E-state index in [1.54, 1.807) is 6.07 Å². The first-order valence-electron chi connectivity index (χ1n) is 7.74. The van der Waals surface area contributed by atoms with Gasteiger partial charge in [0.05, 0.1) is 5.56 Å². The Kier molecular flexibility index (Phi) is 3.59. The summed E-state index contributed by atoms with van der Waals surface area (Å²) in [5.74, 6) is -0.656. The molecular weight excluding hydrogens is 339 g/mol. The van der Waals surface area contributed by atoms with E-state index < -0.39 is 23.6 Å². The Morgan fingerprint density at radius 1 is 1.21 bits per heavy atom. The van der Waals surface area contributed by atoms with Crippen molar-refractivity contribution < 1.29 is 18.0 Å². The number of hydrogen-bond donors (Lipinski definition) is 1. The number of rotatable bonds is 4. The van der Waals surface area contributed by atoms with E-state index in [-0.39, 0.29) is 11.5 Å². The van der Waals surface area contributed by atoms with E-state index in [4.69, 9.17) is 0 Å². The predicted molar refractivity (Wildman–Crippen MR) is 82.8 cm³/mol. The van der Waals surface area contributed by atoms with Gasteiger partial charge in [-0.25, -0.2) is 0 Å². The number of carbonyl (C=O) groups excluding carboxylic acids is 1. The van der Waals surface area contributed by atoms with E-state index >= 15 is 0 Å². The van der Waals surface area contributed by atoms with Crippen LogP contribution in [0.3, 0.4) is 0 Å². The van der Waals surface area contributed by atoms with Crippen molar-refractivity contribution in [1.29, 1.82) is 0 Å². The average molecular weight is 353 g/mol. The van der Waals surface area contributed by atoms with Crippen LogP contribution in [-0.4, -0.2) is 16.1 Å². The molecule has 1 amide bonds. The molecule has 2 aromatic rings. The number of nitrogens with one attached hydrogen (secondary N) is 1. The van der Waals surface area contributed by atoms with Gasteiger partial charge in [-0.05, 0) is 36.8 Å². The molecule has 2 fully saturated rings. The molecule has 0 unspecified atom stereocenters. The SMILES string of the molecule is O=C(Nc1nnc(C2CC2)s1)[C@@H]1C[C@@H]1c1ccccc1C(F)(F)F. The summed E-state index contributed by atoms with van der Waals surface area (Å²) in [5, 5.41) is 12.0. The minimum atomic E-state index is -4.40. The van der Waals surface area contributed by atoms with E-state index in [0.29, 0.717) is 17.5 Å². The molecule has 0 saturated heterocycles. The van der Waals surface area contributed by atoms with Crippen LogP contribution in [0.25, 0.3) is 0 Å². The first-order valence-corrected chi connectivity index (χ1v) is 8.55. The summed E-state index contributed by atoms with van der Waals surface area (Å²) in [7, 11) is 0. The summed E-state index contributed by atoms with van der Waals surface area (Å²) in [6.07, 6.45) is -1.78. The fourth-order valence-corrected chi connectivity index (χ4v) is 3.80. The molecule has 1 N–H and O–H groups in total. The topological polar surface area (TPSA) is 54.9 Å². The Labute approximate surface area is 140 Å². The Bertz CT molecular complexity index is 785. The number of amides is 1. The lowest BCUT2D eigenvalue weighted by Crippen LogP contribution is -2.15. The first-order chi connectivity index (χ1) is 11.4. The number of carbonyl (C=O) groups is 1. The number of alkyl halides is 3. The smallest absolute Gasteiger partial charge is 0.300 e. The molecule has 2 aliphatic carbocycles. The zero-order valence-electron chi connectivity index (χ0n) is 12.5. The largest absolute Gasteiger partial charge is 0.416 e. The van der Waals surface area contributed by atoms with Gasteiger partial charge in [0.15, 0.2) is 0 Å². The van der Waals surface area contributed by atoms with Gasteiger partial charge in [-0.1, -0.05) is 29.5 Å². The fourth-order valence-electron chi connectivity index (χ4n) is 2.89. The van der Waals surface area contributed by atoms with E-state index in [2.05, 4.69) is 15.5 Å². The van der Waals surface area contributed by atoms with Crippen LogP contribution in [0.4, 0.5) is 18.3 Å². The van der Waals surface area contributed by atoms with Crippen molar-refractivity contribution in [2.24, 2.45) is 5.92 Å². The van der Waals surface area contributed by atoms with Gasteiger partial charge in [-0.3, -0.25) is 4.79 Å². The van der Waals surface area contributed by atoms with Crippen molar-refractivity contribution in [3.05, 3.63) is 40.4 Å². The highest BCUT2D eigenvalue weighted by Crippen LogP contribution is 2.51. The minimum absolute atomic E-state index is 0.195. The zero-order chi connectivity index (χ0) is 16.9. The highest BCUT2D eigenvalue weighted by Gasteiger charge is 2.48. The van der Waals surface area contributed by atoms with Gasteiger partial charge in [0.2, 0.25) is 11.0 Å². The predicted octanol–water partition coefficient (Wildman–Crippen LogP) is 4.18.